The number of pyridine rings is 1. The number of anilines is 1. The third kappa shape index (κ3) is 3.63. The molecule has 116 valence electrons. The Labute approximate surface area is 135 Å². The van der Waals surface area contributed by atoms with Crippen molar-refractivity contribution in [3.63, 3.8) is 0 Å². The largest absolute Gasteiger partial charge is 0.322 e. The van der Waals surface area contributed by atoms with E-state index in [4.69, 9.17) is 0 Å². The van der Waals surface area contributed by atoms with Crippen molar-refractivity contribution >= 4 is 11.6 Å². The zero-order valence-electron chi connectivity index (χ0n) is 13.2. The van der Waals surface area contributed by atoms with Gasteiger partial charge in [0.1, 0.15) is 0 Å². The number of aromatic nitrogens is 3. The molecule has 0 saturated carbocycles. The van der Waals surface area contributed by atoms with E-state index in [1.807, 2.05) is 42.8 Å². The molecule has 5 nitrogen and oxygen atoms in total. The number of amides is 1. The van der Waals surface area contributed by atoms with E-state index in [0.717, 1.165) is 22.6 Å². The van der Waals surface area contributed by atoms with Gasteiger partial charge in [0, 0.05) is 29.3 Å². The van der Waals surface area contributed by atoms with Crippen LogP contribution in [0.4, 0.5) is 5.69 Å². The maximum Gasteiger partial charge on any atom is 0.255 e. The summed E-state index contributed by atoms with van der Waals surface area (Å²) >= 11 is 0. The number of hydrogen-bond acceptors (Lipinski definition) is 3. The molecule has 0 aliphatic carbocycles. The number of carbonyl (C=O) groups is 1. The van der Waals surface area contributed by atoms with Gasteiger partial charge in [0.2, 0.25) is 0 Å². The number of benzene rings is 1. The van der Waals surface area contributed by atoms with Gasteiger partial charge >= 0.3 is 0 Å². The highest BCUT2D eigenvalue weighted by Crippen LogP contribution is 2.12. The number of aryl methyl sites for hydroxylation is 2. The summed E-state index contributed by atoms with van der Waals surface area (Å²) in [5, 5.41) is 7.32. The van der Waals surface area contributed by atoms with Crippen molar-refractivity contribution in [3.05, 3.63) is 77.4 Å². The Morgan fingerprint density at radius 2 is 1.91 bits per heavy atom. The van der Waals surface area contributed by atoms with Crippen LogP contribution in [0, 0.1) is 13.8 Å². The van der Waals surface area contributed by atoms with Gasteiger partial charge in [0.15, 0.2) is 0 Å². The number of nitrogens with one attached hydrogen (secondary N) is 1. The predicted molar refractivity (Wildman–Crippen MR) is 89.4 cm³/mol. The average molecular weight is 306 g/mol. The van der Waals surface area contributed by atoms with Crippen LogP contribution in [0.1, 0.15) is 27.3 Å². The standard InChI is InChI=1S/C18H18N4O/c1-13-10-14(2)22(21-13)12-15-4-3-5-16(11-15)18(23)20-17-6-8-19-9-7-17/h3-11H,12H2,1-2H3,(H,19,20,23). The summed E-state index contributed by atoms with van der Waals surface area (Å²) in [7, 11) is 0. The minimum absolute atomic E-state index is 0.133. The maximum atomic E-state index is 12.3. The zero-order chi connectivity index (χ0) is 16.2. The number of rotatable bonds is 4. The summed E-state index contributed by atoms with van der Waals surface area (Å²) in [6, 6.07) is 13.2. The van der Waals surface area contributed by atoms with Gasteiger partial charge < -0.3 is 5.32 Å². The topological polar surface area (TPSA) is 59.8 Å². The van der Waals surface area contributed by atoms with Crippen LogP contribution < -0.4 is 5.32 Å². The van der Waals surface area contributed by atoms with Gasteiger partial charge in [-0.05, 0) is 49.7 Å². The molecule has 0 bridgehead atoms. The van der Waals surface area contributed by atoms with E-state index in [1.165, 1.54) is 0 Å². The third-order valence-electron chi connectivity index (χ3n) is 3.56. The first-order valence-electron chi connectivity index (χ1n) is 7.43. The fourth-order valence-electron chi connectivity index (χ4n) is 2.46. The Bertz CT molecular complexity index is 824. The number of hydrogen-bond donors (Lipinski definition) is 1. The van der Waals surface area contributed by atoms with Crippen molar-refractivity contribution in [1.82, 2.24) is 14.8 Å². The molecule has 0 aliphatic rings. The smallest absolute Gasteiger partial charge is 0.255 e. The molecule has 5 heteroatoms. The van der Waals surface area contributed by atoms with E-state index in [2.05, 4.69) is 15.4 Å². The second-order valence-corrected chi connectivity index (χ2v) is 5.48. The van der Waals surface area contributed by atoms with Gasteiger partial charge in [-0.15, -0.1) is 0 Å². The quantitative estimate of drug-likeness (QED) is 0.805. The van der Waals surface area contributed by atoms with Crippen molar-refractivity contribution in [2.24, 2.45) is 0 Å². The Hall–Kier alpha value is -2.95. The molecular formula is C18H18N4O. The minimum Gasteiger partial charge on any atom is -0.322 e. The molecule has 0 unspecified atom stereocenters. The molecule has 0 spiro atoms. The molecule has 1 aromatic carbocycles. The van der Waals surface area contributed by atoms with E-state index in [9.17, 15) is 4.79 Å². The Kier molecular flexibility index (Phi) is 4.19. The summed E-state index contributed by atoms with van der Waals surface area (Å²) < 4.78 is 1.94. The van der Waals surface area contributed by atoms with E-state index in [0.29, 0.717) is 12.1 Å². The van der Waals surface area contributed by atoms with Crippen molar-refractivity contribution in [3.8, 4) is 0 Å². The monoisotopic (exact) mass is 306 g/mol. The van der Waals surface area contributed by atoms with E-state index in [1.54, 1.807) is 30.6 Å². The lowest BCUT2D eigenvalue weighted by Crippen LogP contribution is -2.12. The lowest BCUT2D eigenvalue weighted by Gasteiger charge is -2.08. The molecular weight excluding hydrogens is 288 g/mol. The molecule has 3 aromatic rings. The lowest BCUT2D eigenvalue weighted by atomic mass is 10.1. The first kappa shape index (κ1) is 15.0. The van der Waals surface area contributed by atoms with Crippen molar-refractivity contribution < 1.29 is 4.79 Å². The van der Waals surface area contributed by atoms with Gasteiger partial charge in [-0.2, -0.15) is 5.10 Å². The molecule has 0 fully saturated rings. The van der Waals surface area contributed by atoms with Crippen LogP contribution in [0.3, 0.4) is 0 Å². The highest BCUT2D eigenvalue weighted by atomic mass is 16.1. The summed E-state index contributed by atoms with van der Waals surface area (Å²) in [6.07, 6.45) is 3.30. The molecule has 0 saturated heterocycles. The second kappa shape index (κ2) is 6.44. The summed E-state index contributed by atoms with van der Waals surface area (Å²) in [4.78, 5) is 16.3. The minimum atomic E-state index is -0.133. The van der Waals surface area contributed by atoms with Crippen LogP contribution in [0.5, 0.6) is 0 Å². The molecule has 2 heterocycles. The highest BCUT2D eigenvalue weighted by Gasteiger charge is 2.08. The lowest BCUT2D eigenvalue weighted by molar-refractivity contribution is 0.102. The molecule has 0 atom stereocenters. The Morgan fingerprint density at radius 3 is 2.61 bits per heavy atom. The van der Waals surface area contributed by atoms with Crippen molar-refractivity contribution in [2.75, 3.05) is 5.32 Å². The average Bonchev–Trinajstić information content (AvgIpc) is 2.86. The summed E-state index contributed by atoms with van der Waals surface area (Å²) in [5.41, 5.74) is 4.50. The van der Waals surface area contributed by atoms with Gasteiger partial charge in [0.05, 0.1) is 12.2 Å². The zero-order valence-corrected chi connectivity index (χ0v) is 13.2. The summed E-state index contributed by atoms with van der Waals surface area (Å²) in [5.74, 6) is -0.133. The van der Waals surface area contributed by atoms with Crippen LogP contribution in [0.15, 0.2) is 54.9 Å². The molecule has 23 heavy (non-hydrogen) atoms. The molecule has 1 amide bonds. The molecule has 0 radical (unpaired) electrons. The van der Waals surface area contributed by atoms with Crippen LogP contribution in [-0.2, 0) is 6.54 Å². The first-order valence-corrected chi connectivity index (χ1v) is 7.43. The van der Waals surface area contributed by atoms with Crippen LogP contribution in [-0.4, -0.2) is 20.7 Å². The SMILES string of the molecule is Cc1cc(C)n(Cc2cccc(C(=O)Nc3ccncc3)c2)n1. The van der Waals surface area contributed by atoms with Gasteiger partial charge in [-0.3, -0.25) is 14.5 Å². The van der Waals surface area contributed by atoms with Crippen LogP contribution in [0.2, 0.25) is 0 Å². The molecule has 3 rings (SSSR count). The molecule has 2 aromatic heterocycles. The highest BCUT2D eigenvalue weighted by molar-refractivity contribution is 6.04. The van der Waals surface area contributed by atoms with Crippen LogP contribution in [0.25, 0.3) is 0 Å². The summed E-state index contributed by atoms with van der Waals surface area (Å²) in [6.45, 7) is 4.65. The Balaban J connectivity index is 1.77. The van der Waals surface area contributed by atoms with Gasteiger partial charge in [-0.25, -0.2) is 0 Å². The predicted octanol–water partition coefficient (Wildman–Crippen LogP) is 3.20. The second-order valence-electron chi connectivity index (χ2n) is 5.48. The maximum absolute atomic E-state index is 12.3. The Morgan fingerprint density at radius 1 is 1.13 bits per heavy atom. The molecule has 0 aliphatic heterocycles. The van der Waals surface area contributed by atoms with Gasteiger partial charge in [-0.1, -0.05) is 12.1 Å². The third-order valence-corrected chi connectivity index (χ3v) is 3.56. The van der Waals surface area contributed by atoms with E-state index in [-0.39, 0.29) is 5.91 Å². The fourth-order valence-corrected chi connectivity index (χ4v) is 2.46. The number of carbonyl (C=O) groups excluding carboxylic acids is 1. The normalized spacial score (nSPS) is 10.5. The first-order chi connectivity index (χ1) is 11.1. The molecule has 1 N–H and O–H groups in total. The van der Waals surface area contributed by atoms with E-state index < -0.39 is 0 Å². The van der Waals surface area contributed by atoms with Crippen LogP contribution >= 0.6 is 0 Å². The van der Waals surface area contributed by atoms with Crippen molar-refractivity contribution in [1.29, 1.82) is 0 Å². The van der Waals surface area contributed by atoms with E-state index >= 15 is 0 Å². The van der Waals surface area contributed by atoms with Crippen molar-refractivity contribution in [2.45, 2.75) is 20.4 Å². The number of nitrogens with zero attached hydrogens (tertiary/aromatic N) is 3. The van der Waals surface area contributed by atoms with Gasteiger partial charge in [0.25, 0.3) is 5.91 Å². The fraction of sp³-hybridized carbons (Fsp3) is 0.167.